The molecule has 1 fully saturated rings. The number of benzene rings is 1. The van der Waals surface area contributed by atoms with Gasteiger partial charge in [0.25, 0.3) is 6.43 Å². The zero-order valence-corrected chi connectivity index (χ0v) is 10.5. The Morgan fingerprint density at radius 2 is 2.18 bits per heavy atom. The normalized spacial score (nSPS) is 16.0. The Balaban J connectivity index is 2.13. The first-order valence-electron chi connectivity index (χ1n) is 5.46. The van der Waals surface area contributed by atoms with E-state index in [4.69, 9.17) is 0 Å². The fraction of sp³-hybridized carbons (Fsp3) is 0.455. The van der Waals surface area contributed by atoms with Crippen LogP contribution in [0.4, 0.5) is 8.78 Å². The lowest BCUT2D eigenvalue weighted by atomic mass is 10.2. The fourth-order valence-corrected chi connectivity index (χ4v) is 2.41. The third-order valence-electron chi connectivity index (χ3n) is 3.02. The maximum Gasteiger partial charge on any atom is 0.267 e. The van der Waals surface area contributed by atoms with Gasteiger partial charge in [-0.1, -0.05) is 21.1 Å². The van der Waals surface area contributed by atoms with Crippen molar-refractivity contribution in [2.45, 2.75) is 25.8 Å². The molecule has 0 bridgehead atoms. The average molecular weight is 302 g/mol. The van der Waals surface area contributed by atoms with Gasteiger partial charge in [-0.25, -0.2) is 13.5 Å². The van der Waals surface area contributed by atoms with E-state index in [-0.39, 0.29) is 5.56 Å². The van der Waals surface area contributed by atoms with Crippen molar-refractivity contribution in [2.75, 3.05) is 0 Å². The van der Waals surface area contributed by atoms with Crippen LogP contribution in [0.5, 0.6) is 0 Å². The molecule has 0 saturated heterocycles. The van der Waals surface area contributed by atoms with Crippen molar-refractivity contribution in [1.29, 1.82) is 0 Å². The van der Waals surface area contributed by atoms with E-state index in [1.54, 1.807) is 16.8 Å². The van der Waals surface area contributed by atoms with Crippen molar-refractivity contribution < 1.29 is 8.78 Å². The van der Waals surface area contributed by atoms with Crippen LogP contribution in [0, 0.1) is 5.92 Å². The fourth-order valence-electron chi connectivity index (χ4n) is 1.92. The molecule has 6 heteroatoms. The summed E-state index contributed by atoms with van der Waals surface area (Å²) < 4.78 is 28.0. The van der Waals surface area contributed by atoms with E-state index in [1.165, 1.54) is 12.8 Å². The summed E-state index contributed by atoms with van der Waals surface area (Å²) in [5.74, 6) is 0.638. The molecular weight excluding hydrogens is 292 g/mol. The van der Waals surface area contributed by atoms with E-state index in [9.17, 15) is 8.78 Å². The van der Waals surface area contributed by atoms with Crippen molar-refractivity contribution in [1.82, 2.24) is 15.0 Å². The van der Waals surface area contributed by atoms with Gasteiger partial charge in [0.2, 0.25) is 0 Å². The number of rotatable bonds is 3. The van der Waals surface area contributed by atoms with E-state index in [0.717, 1.165) is 6.54 Å². The Morgan fingerprint density at radius 3 is 2.82 bits per heavy atom. The lowest BCUT2D eigenvalue weighted by molar-refractivity contribution is 0.152. The lowest BCUT2D eigenvalue weighted by Gasteiger charge is -2.04. The van der Waals surface area contributed by atoms with Crippen LogP contribution in [0.2, 0.25) is 0 Å². The molecule has 1 aliphatic rings. The van der Waals surface area contributed by atoms with Gasteiger partial charge in [-0.2, -0.15) is 0 Å². The largest absolute Gasteiger partial charge is 0.267 e. The highest BCUT2D eigenvalue weighted by Crippen LogP contribution is 2.35. The number of fused-ring (bicyclic) bond motifs is 1. The molecule has 2 aromatic rings. The summed E-state index contributed by atoms with van der Waals surface area (Å²) in [6, 6.07) is 3.42. The van der Waals surface area contributed by atoms with Crippen LogP contribution in [0.25, 0.3) is 11.0 Å². The second-order valence-electron chi connectivity index (χ2n) is 4.34. The molecule has 0 unspecified atom stereocenters. The van der Waals surface area contributed by atoms with Crippen molar-refractivity contribution >= 4 is 27.0 Å². The molecule has 0 atom stereocenters. The van der Waals surface area contributed by atoms with E-state index in [1.807, 2.05) is 0 Å². The predicted octanol–water partition coefficient (Wildman–Crippen LogP) is 3.54. The number of hydrogen-bond donors (Lipinski definition) is 0. The Labute approximate surface area is 105 Å². The molecule has 0 spiro atoms. The SMILES string of the molecule is FC(F)c1c(Br)ccc2c1nnn2CC1CC1. The van der Waals surface area contributed by atoms with Crippen molar-refractivity contribution in [3.8, 4) is 0 Å². The Bertz CT molecular complexity index is 563. The van der Waals surface area contributed by atoms with E-state index in [2.05, 4.69) is 26.2 Å². The molecule has 0 N–H and O–H groups in total. The van der Waals surface area contributed by atoms with E-state index in [0.29, 0.717) is 21.4 Å². The first-order chi connectivity index (χ1) is 8.16. The second kappa shape index (κ2) is 4.01. The lowest BCUT2D eigenvalue weighted by Crippen LogP contribution is -2.01. The van der Waals surface area contributed by atoms with Crippen molar-refractivity contribution in [3.05, 3.63) is 22.2 Å². The topological polar surface area (TPSA) is 30.7 Å². The van der Waals surface area contributed by atoms with Crippen molar-refractivity contribution in [3.63, 3.8) is 0 Å². The van der Waals surface area contributed by atoms with Gasteiger partial charge in [-0.3, -0.25) is 0 Å². The van der Waals surface area contributed by atoms with Crippen LogP contribution < -0.4 is 0 Å². The quantitative estimate of drug-likeness (QED) is 0.868. The Morgan fingerprint density at radius 1 is 1.41 bits per heavy atom. The molecule has 0 radical (unpaired) electrons. The summed E-state index contributed by atoms with van der Waals surface area (Å²) in [4.78, 5) is 0. The van der Waals surface area contributed by atoms with E-state index < -0.39 is 6.43 Å². The van der Waals surface area contributed by atoms with Crippen LogP contribution in [0.1, 0.15) is 24.8 Å². The van der Waals surface area contributed by atoms with Crippen LogP contribution in [0.15, 0.2) is 16.6 Å². The Hall–Kier alpha value is -1.04. The van der Waals surface area contributed by atoms with Crippen LogP contribution >= 0.6 is 15.9 Å². The monoisotopic (exact) mass is 301 g/mol. The molecule has 0 aliphatic heterocycles. The van der Waals surface area contributed by atoms with Crippen LogP contribution in [-0.4, -0.2) is 15.0 Å². The van der Waals surface area contributed by atoms with Crippen molar-refractivity contribution in [2.24, 2.45) is 5.92 Å². The minimum Gasteiger partial charge on any atom is -0.244 e. The van der Waals surface area contributed by atoms with Gasteiger partial charge in [-0.15, -0.1) is 5.10 Å². The molecule has 1 aliphatic carbocycles. The molecule has 3 nitrogen and oxygen atoms in total. The van der Waals surface area contributed by atoms with Gasteiger partial charge in [0.1, 0.15) is 5.52 Å². The van der Waals surface area contributed by atoms with Gasteiger partial charge in [0.15, 0.2) is 0 Å². The summed E-state index contributed by atoms with van der Waals surface area (Å²) in [5, 5.41) is 7.86. The highest BCUT2D eigenvalue weighted by Gasteiger charge is 2.25. The minimum atomic E-state index is -2.54. The first-order valence-corrected chi connectivity index (χ1v) is 6.26. The highest BCUT2D eigenvalue weighted by atomic mass is 79.9. The summed E-state index contributed by atoms with van der Waals surface area (Å²) in [6.45, 7) is 0.779. The molecule has 1 heterocycles. The summed E-state index contributed by atoms with van der Waals surface area (Å²) >= 11 is 3.13. The molecular formula is C11H10BrF2N3. The summed E-state index contributed by atoms with van der Waals surface area (Å²) in [7, 11) is 0. The molecule has 3 rings (SSSR count). The summed E-state index contributed by atoms with van der Waals surface area (Å²) in [5.41, 5.74) is 0.926. The number of alkyl halides is 2. The van der Waals surface area contributed by atoms with Gasteiger partial charge >= 0.3 is 0 Å². The number of nitrogens with zero attached hydrogens (tertiary/aromatic N) is 3. The highest BCUT2D eigenvalue weighted by molar-refractivity contribution is 9.10. The van der Waals surface area contributed by atoms with Crippen LogP contribution in [0.3, 0.4) is 0 Å². The second-order valence-corrected chi connectivity index (χ2v) is 5.20. The Kier molecular flexibility index (Phi) is 2.61. The van der Waals surface area contributed by atoms with Gasteiger partial charge in [0.05, 0.1) is 11.1 Å². The van der Waals surface area contributed by atoms with Gasteiger partial charge < -0.3 is 0 Å². The standard InChI is InChI=1S/C11H10BrF2N3/c12-7-3-4-8-10(9(7)11(13)14)15-16-17(8)5-6-1-2-6/h3-4,6,11H,1-2,5H2. The number of aromatic nitrogens is 3. The first kappa shape index (κ1) is 11.1. The zero-order chi connectivity index (χ0) is 12.0. The van der Waals surface area contributed by atoms with Gasteiger partial charge in [0, 0.05) is 11.0 Å². The molecule has 1 saturated carbocycles. The van der Waals surface area contributed by atoms with E-state index >= 15 is 0 Å². The maximum atomic E-state index is 12.9. The summed E-state index contributed by atoms with van der Waals surface area (Å²) in [6.07, 6.45) is -0.154. The predicted molar refractivity (Wildman–Crippen MR) is 62.9 cm³/mol. The maximum absolute atomic E-state index is 12.9. The zero-order valence-electron chi connectivity index (χ0n) is 8.91. The molecule has 1 aromatic carbocycles. The number of hydrogen-bond acceptors (Lipinski definition) is 2. The molecule has 17 heavy (non-hydrogen) atoms. The third kappa shape index (κ3) is 1.94. The average Bonchev–Trinajstić information content (AvgIpc) is 2.99. The van der Waals surface area contributed by atoms with Gasteiger partial charge in [-0.05, 0) is 30.9 Å². The molecule has 90 valence electrons. The third-order valence-corrected chi connectivity index (χ3v) is 3.71. The van der Waals surface area contributed by atoms with Crippen LogP contribution in [-0.2, 0) is 6.54 Å². The smallest absolute Gasteiger partial charge is 0.244 e. The molecule has 0 amide bonds. The minimum absolute atomic E-state index is 0.0652. The number of halogens is 3. The molecule has 1 aromatic heterocycles.